The first-order valence-corrected chi connectivity index (χ1v) is 9.22. The monoisotopic (exact) mass is 370 g/mol. The second-order valence-corrected chi connectivity index (χ2v) is 8.07. The zero-order valence-corrected chi connectivity index (χ0v) is 15.9. The molecule has 4 N–H and O–H groups in total. The zero-order chi connectivity index (χ0) is 19.6. The van der Waals surface area contributed by atoms with Crippen LogP contribution in [-0.4, -0.2) is 27.2 Å². The summed E-state index contributed by atoms with van der Waals surface area (Å²) in [6, 6.07) is 6.58. The van der Waals surface area contributed by atoms with Crippen molar-refractivity contribution in [3.05, 3.63) is 52.3 Å². The normalized spacial score (nSPS) is 15.0. The van der Waals surface area contributed by atoms with E-state index >= 15 is 0 Å². The van der Waals surface area contributed by atoms with Crippen LogP contribution in [-0.2, 0) is 12.8 Å². The Balaban J connectivity index is 1.85. The van der Waals surface area contributed by atoms with E-state index < -0.39 is 5.91 Å². The maximum absolute atomic E-state index is 12.9. The van der Waals surface area contributed by atoms with Crippen molar-refractivity contribution in [2.45, 2.75) is 52.5 Å². The van der Waals surface area contributed by atoms with Gasteiger partial charge in [0.15, 0.2) is 5.69 Å². The van der Waals surface area contributed by atoms with E-state index in [9.17, 15) is 9.59 Å². The van der Waals surface area contributed by atoms with Gasteiger partial charge < -0.3 is 5.32 Å². The minimum atomic E-state index is -0.568. The highest BCUT2D eigenvalue weighted by Crippen LogP contribution is 2.33. The van der Waals surface area contributed by atoms with Crippen LogP contribution in [0.25, 0.3) is 0 Å². The molecule has 0 saturated heterocycles. The van der Waals surface area contributed by atoms with Gasteiger partial charge in [-0.05, 0) is 48.8 Å². The number of carbonyl (C=O) groups excluding carboxylic acids is 2. The van der Waals surface area contributed by atoms with E-state index in [2.05, 4.69) is 15.5 Å². The highest BCUT2D eigenvalue weighted by molar-refractivity contribution is 5.94. The van der Waals surface area contributed by atoms with Gasteiger partial charge in [-0.1, -0.05) is 32.9 Å². The standard InChI is InChI=1S/C20H26N4O3/c1-20(2,3)17(12-8-10-13(11-9-12)18(25)24-27)21-19(26)16-14-6-4-5-7-15(14)22-23-16/h8-11,17,27H,4-7H2,1-3H3,(H,21,26)(H,22,23)(H,24,25). The van der Waals surface area contributed by atoms with Gasteiger partial charge >= 0.3 is 0 Å². The predicted molar refractivity (Wildman–Crippen MR) is 101 cm³/mol. The number of aryl methyl sites for hydroxylation is 1. The van der Waals surface area contributed by atoms with E-state index in [1.807, 2.05) is 20.8 Å². The second-order valence-electron chi connectivity index (χ2n) is 8.07. The Morgan fingerprint density at radius 3 is 2.41 bits per heavy atom. The molecule has 3 rings (SSSR count). The van der Waals surface area contributed by atoms with Gasteiger partial charge in [-0.3, -0.25) is 19.9 Å². The number of H-pyrrole nitrogens is 1. The lowest BCUT2D eigenvalue weighted by Gasteiger charge is -2.32. The molecule has 144 valence electrons. The van der Waals surface area contributed by atoms with Gasteiger partial charge in [0.05, 0.1) is 6.04 Å². The van der Waals surface area contributed by atoms with Gasteiger partial charge in [-0.2, -0.15) is 5.10 Å². The van der Waals surface area contributed by atoms with E-state index in [0.717, 1.165) is 42.5 Å². The molecule has 0 saturated carbocycles. The minimum Gasteiger partial charge on any atom is -0.343 e. The molecule has 0 aliphatic heterocycles. The average Bonchev–Trinajstić information content (AvgIpc) is 3.09. The molecular formula is C20H26N4O3. The van der Waals surface area contributed by atoms with Gasteiger partial charge in [-0.25, -0.2) is 5.48 Å². The number of hydroxylamine groups is 1. The number of aromatic nitrogens is 2. The third kappa shape index (κ3) is 4.03. The second kappa shape index (κ2) is 7.52. The van der Waals surface area contributed by atoms with Crippen LogP contribution in [0.3, 0.4) is 0 Å². The van der Waals surface area contributed by atoms with E-state index in [1.54, 1.807) is 29.7 Å². The van der Waals surface area contributed by atoms with Crippen LogP contribution in [0.15, 0.2) is 24.3 Å². The molecule has 2 aromatic rings. The van der Waals surface area contributed by atoms with Gasteiger partial charge in [0.1, 0.15) is 0 Å². The van der Waals surface area contributed by atoms with E-state index in [-0.39, 0.29) is 17.4 Å². The summed E-state index contributed by atoms with van der Waals surface area (Å²) in [5, 5.41) is 19.1. The van der Waals surface area contributed by atoms with Crippen molar-refractivity contribution < 1.29 is 14.8 Å². The third-order valence-corrected chi connectivity index (χ3v) is 5.02. The fraction of sp³-hybridized carbons (Fsp3) is 0.450. The molecule has 0 spiro atoms. The quantitative estimate of drug-likeness (QED) is 0.490. The van der Waals surface area contributed by atoms with Crippen molar-refractivity contribution >= 4 is 11.8 Å². The number of hydrogen-bond acceptors (Lipinski definition) is 4. The van der Waals surface area contributed by atoms with Gasteiger partial charge in [-0.15, -0.1) is 0 Å². The molecule has 1 heterocycles. The Kier molecular flexibility index (Phi) is 5.32. The highest BCUT2D eigenvalue weighted by Gasteiger charge is 2.30. The van der Waals surface area contributed by atoms with Gasteiger partial charge in [0.25, 0.3) is 11.8 Å². The molecular weight excluding hydrogens is 344 g/mol. The van der Waals surface area contributed by atoms with E-state index in [1.165, 1.54) is 0 Å². The number of nitrogens with one attached hydrogen (secondary N) is 3. The fourth-order valence-corrected chi connectivity index (χ4v) is 3.56. The molecule has 1 atom stereocenters. The van der Waals surface area contributed by atoms with Gasteiger partial charge in [0, 0.05) is 16.8 Å². The Hall–Kier alpha value is -2.67. The summed E-state index contributed by atoms with van der Waals surface area (Å²) in [4.78, 5) is 24.5. The van der Waals surface area contributed by atoms with Crippen LogP contribution < -0.4 is 10.8 Å². The van der Waals surface area contributed by atoms with Crippen LogP contribution in [0.5, 0.6) is 0 Å². The van der Waals surface area contributed by atoms with Crippen LogP contribution in [0.1, 0.15) is 77.3 Å². The molecule has 1 aliphatic carbocycles. The number of hydrogen-bond donors (Lipinski definition) is 4. The molecule has 0 bridgehead atoms. The predicted octanol–water partition coefficient (Wildman–Crippen LogP) is 2.92. The summed E-state index contributed by atoms with van der Waals surface area (Å²) in [5.41, 5.74) is 5.19. The molecule has 1 aliphatic rings. The van der Waals surface area contributed by atoms with Crippen molar-refractivity contribution in [3.8, 4) is 0 Å². The fourth-order valence-electron chi connectivity index (χ4n) is 3.56. The highest BCUT2D eigenvalue weighted by atomic mass is 16.5. The van der Waals surface area contributed by atoms with Crippen molar-refractivity contribution in [1.82, 2.24) is 21.0 Å². The number of carbonyl (C=O) groups is 2. The Bertz CT molecular complexity index is 834. The lowest BCUT2D eigenvalue weighted by molar-refractivity contribution is 0.0706. The smallest absolute Gasteiger partial charge is 0.274 e. The summed E-state index contributed by atoms with van der Waals surface area (Å²) < 4.78 is 0. The molecule has 1 unspecified atom stereocenters. The largest absolute Gasteiger partial charge is 0.343 e. The number of aromatic amines is 1. The molecule has 1 aromatic carbocycles. The molecule has 2 amide bonds. The van der Waals surface area contributed by atoms with Crippen LogP contribution in [0, 0.1) is 5.41 Å². The molecule has 1 aromatic heterocycles. The van der Waals surface area contributed by atoms with E-state index in [4.69, 9.17) is 5.21 Å². The first-order valence-electron chi connectivity index (χ1n) is 9.22. The maximum Gasteiger partial charge on any atom is 0.274 e. The van der Waals surface area contributed by atoms with Crippen molar-refractivity contribution in [1.29, 1.82) is 0 Å². The number of nitrogens with zero attached hydrogens (tertiary/aromatic N) is 1. The Morgan fingerprint density at radius 2 is 1.78 bits per heavy atom. The topological polar surface area (TPSA) is 107 Å². The first-order chi connectivity index (χ1) is 12.8. The number of rotatable bonds is 4. The average molecular weight is 370 g/mol. The zero-order valence-electron chi connectivity index (χ0n) is 15.9. The minimum absolute atomic E-state index is 0.188. The Labute approximate surface area is 158 Å². The first kappa shape index (κ1) is 19.1. The number of benzene rings is 1. The van der Waals surface area contributed by atoms with Gasteiger partial charge in [0.2, 0.25) is 0 Å². The van der Waals surface area contributed by atoms with Crippen molar-refractivity contribution in [3.63, 3.8) is 0 Å². The van der Waals surface area contributed by atoms with Crippen molar-refractivity contribution in [2.24, 2.45) is 5.41 Å². The summed E-state index contributed by atoms with van der Waals surface area (Å²) in [5.74, 6) is -0.757. The molecule has 7 nitrogen and oxygen atoms in total. The van der Waals surface area contributed by atoms with E-state index in [0.29, 0.717) is 11.3 Å². The summed E-state index contributed by atoms with van der Waals surface area (Å²) >= 11 is 0. The number of amides is 2. The van der Waals surface area contributed by atoms with Crippen LogP contribution >= 0.6 is 0 Å². The van der Waals surface area contributed by atoms with Crippen LogP contribution in [0.4, 0.5) is 0 Å². The van der Waals surface area contributed by atoms with Crippen molar-refractivity contribution in [2.75, 3.05) is 0 Å². The lowest BCUT2D eigenvalue weighted by atomic mass is 9.82. The molecule has 27 heavy (non-hydrogen) atoms. The third-order valence-electron chi connectivity index (χ3n) is 5.02. The summed E-state index contributed by atoms with van der Waals surface area (Å²) in [6.07, 6.45) is 4.00. The Morgan fingerprint density at radius 1 is 1.11 bits per heavy atom. The SMILES string of the molecule is CC(C)(C)C(NC(=O)c1n[nH]c2c1CCCC2)c1ccc(C(=O)NO)cc1. The summed E-state index contributed by atoms with van der Waals surface area (Å²) in [6.45, 7) is 6.14. The molecule has 0 radical (unpaired) electrons. The maximum atomic E-state index is 12.9. The number of fused-ring (bicyclic) bond motifs is 1. The molecule has 7 heteroatoms. The lowest BCUT2D eigenvalue weighted by Crippen LogP contribution is -2.37. The van der Waals surface area contributed by atoms with Crippen LogP contribution in [0.2, 0.25) is 0 Å². The molecule has 0 fully saturated rings. The summed E-state index contributed by atoms with van der Waals surface area (Å²) in [7, 11) is 0.